The van der Waals surface area contributed by atoms with Crippen LogP contribution in [0.1, 0.15) is 43.9 Å². The first kappa shape index (κ1) is 18.8. The van der Waals surface area contributed by atoms with Crippen molar-refractivity contribution in [2.45, 2.75) is 45.0 Å². The van der Waals surface area contributed by atoms with Crippen molar-refractivity contribution in [3.63, 3.8) is 0 Å². The number of aryl methyl sites for hydroxylation is 1. The standard InChI is InChI=1S/C18H26BrN3O2/c1-4-24-18(23)17(11(2)3)22(21)15-8-6-13-9-12(10-19)5-7-14(13)16(15)20/h5,7,9,11,17H,4,6,8,10,20-21H2,1-3H3. The maximum Gasteiger partial charge on any atom is 0.330 e. The van der Waals surface area contributed by atoms with Crippen molar-refractivity contribution < 1.29 is 9.53 Å². The van der Waals surface area contributed by atoms with Crippen LogP contribution in [0.15, 0.2) is 23.9 Å². The molecule has 0 saturated carbocycles. The third kappa shape index (κ3) is 3.75. The highest BCUT2D eigenvalue weighted by Crippen LogP contribution is 2.32. The highest BCUT2D eigenvalue weighted by Gasteiger charge is 2.32. The molecule has 0 spiro atoms. The van der Waals surface area contributed by atoms with E-state index in [0.29, 0.717) is 18.7 Å². The van der Waals surface area contributed by atoms with Gasteiger partial charge in [-0.2, -0.15) is 0 Å². The second kappa shape index (κ2) is 8.03. The number of hydrogen-bond donors (Lipinski definition) is 2. The number of carbonyl (C=O) groups excluding carboxylic acids is 1. The minimum atomic E-state index is -0.540. The molecule has 0 heterocycles. The number of allylic oxidation sites excluding steroid dienone is 1. The molecule has 1 unspecified atom stereocenters. The summed E-state index contributed by atoms with van der Waals surface area (Å²) in [5.74, 6) is 6.03. The van der Waals surface area contributed by atoms with Crippen LogP contribution in [0.4, 0.5) is 0 Å². The fraction of sp³-hybridized carbons (Fsp3) is 0.500. The predicted octanol–water partition coefficient (Wildman–Crippen LogP) is 2.92. The third-order valence-corrected chi connectivity index (χ3v) is 4.97. The van der Waals surface area contributed by atoms with E-state index in [1.165, 1.54) is 16.1 Å². The van der Waals surface area contributed by atoms with Crippen molar-refractivity contribution in [2.75, 3.05) is 6.61 Å². The summed E-state index contributed by atoms with van der Waals surface area (Å²) in [5, 5.41) is 2.33. The summed E-state index contributed by atoms with van der Waals surface area (Å²) in [6.07, 6.45) is 1.57. The summed E-state index contributed by atoms with van der Waals surface area (Å²) in [6.45, 7) is 6.04. The van der Waals surface area contributed by atoms with Gasteiger partial charge in [-0.1, -0.05) is 48.0 Å². The van der Waals surface area contributed by atoms with E-state index in [1.807, 2.05) is 19.9 Å². The topological polar surface area (TPSA) is 81.6 Å². The van der Waals surface area contributed by atoms with Crippen molar-refractivity contribution in [1.29, 1.82) is 0 Å². The predicted molar refractivity (Wildman–Crippen MR) is 99.8 cm³/mol. The Morgan fingerprint density at radius 1 is 1.38 bits per heavy atom. The Morgan fingerprint density at radius 3 is 2.67 bits per heavy atom. The van der Waals surface area contributed by atoms with Crippen molar-refractivity contribution in [2.24, 2.45) is 17.5 Å². The van der Waals surface area contributed by atoms with E-state index < -0.39 is 6.04 Å². The van der Waals surface area contributed by atoms with Crippen LogP contribution in [-0.2, 0) is 21.3 Å². The lowest BCUT2D eigenvalue weighted by Gasteiger charge is -2.35. The second-order valence-corrected chi connectivity index (χ2v) is 6.89. The summed E-state index contributed by atoms with van der Waals surface area (Å²) in [5.41, 5.74) is 11.3. The fourth-order valence-electron chi connectivity index (χ4n) is 3.11. The molecule has 0 aromatic heterocycles. The number of benzene rings is 1. The van der Waals surface area contributed by atoms with Gasteiger partial charge in [-0.15, -0.1) is 0 Å². The van der Waals surface area contributed by atoms with Crippen LogP contribution in [0.2, 0.25) is 0 Å². The molecule has 0 amide bonds. The largest absolute Gasteiger partial charge is 0.464 e. The zero-order valence-corrected chi connectivity index (χ0v) is 16.1. The van der Waals surface area contributed by atoms with Crippen LogP contribution in [0.25, 0.3) is 5.70 Å². The van der Waals surface area contributed by atoms with Gasteiger partial charge in [0.25, 0.3) is 0 Å². The average Bonchev–Trinajstić information content (AvgIpc) is 2.54. The van der Waals surface area contributed by atoms with Gasteiger partial charge in [0.1, 0.15) is 6.04 Å². The molecule has 0 aliphatic heterocycles. The smallest absolute Gasteiger partial charge is 0.330 e. The Hall–Kier alpha value is -1.53. The zero-order chi connectivity index (χ0) is 17.9. The van der Waals surface area contributed by atoms with Gasteiger partial charge in [0.2, 0.25) is 0 Å². The molecule has 0 fully saturated rings. The molecular weight excluding hydrogens is 370 g/mol. The van der Waals surface area contributed by atoms with Gasteiger partial charge in [-0.3, -0.25) is 5.01 Å². The van der Waals surface area contributed by atoms with Crippen molar-refractivity contribution in [3.8, 4) is 0 Å². The van der Waals surface area contributed by atoms with Crippen LogP contribution in [-0.4, -0.2) is 23.6 Å². The molecule has 1 atom stereocenters. The first-order valence-corrected chi connectivity index (χ1v) is 9.40. The molecule has 1 aliphatic rings. The van der Waals surface area contributed by atoms with Gasteiger partial charge < -0.3 is 10.5 Å². The van der Waals surface area contributed by atoms with Crippen LogP contribution in [0, 0.1) is 5.92 Å². The molecule has 24 heavy (non-hydrogen) atoms. The number of nitrogens with two attached hydrogens (primary N) is 2. The van der Waals surface area contributed by atoms with Gasteiger partial charge in [0.05, 0.1) is 18.0 Å². The van der Waals surface area contributed by atoms with Crippen molar-refractivity contribution in [3.05, 3.63) is 40.6 Å². The SMILES string of the molecule is CCOC(=O)C(C(C)C)N(N)C1=C(N)c2ccc(CBr)cc2CC1. The number of alkyl halides is 1. The van der Waals surface area contributed by atoms with E-state index in [0.717, 1.165) is 23.0 Å². The van der Waals surface area contributed by atoms with Gasteiger partial charge in [-0.05, 0) is 36.8 Å². The van der Waals surface area contributed by atoms with E-state index >= 15 is 0 Å². The molecule has 2 rings (SSSR count). The number of fused-ring (bicyclic) bond motifs is 1. The van der Waals surface area contributed by atoms with E-state index in [1.54, 1.807) is 6.92 Å². The quantitative estimate of drug-likeness (QED) is 0.335. The molecule has 4 N–H and O–H groups in total. The number of rotatable bonds is 6. The van der Waals surface area contributed by atoms with E-state index in [-0.39, 0.29) is 11.9 Å². The number of hydrogen-bond acceptors (Lipinski definition) is 5. The van der Waals surface area contributed by atoms with Crippen LogP contribution >= 0.6 is 15.9 Å². The van der Waals surface area contributed by atoms with Crippen LogP contribution < -0.4 is 11.6 Å². The Labute approximate surface area is 152 Å². The van der Waals surface area contributed by atoms with E-state index in [4.69, 9.17) is 16.3 Å². The lowest BCUT2D eigenvalue weighted by molar-refractivity contribution is -0.150. The first-order valence-electron chi connectivity index (χ1n) is 8.28. The fourth-order valence-corrected chi connectivity index (χ4v) is 3.46. The van der Waals surface area contributed by atoms with Crippen LogP contribution in [0.5, 0.6) is 0 Å². The van der Waals surface area contributed by atoms with Gasteiger partial charge >= 0.3 is 5.97 Å². The minimum absolute atomic E-state index is 0.0199. The molecule has 1 aliphatic carbocycles. The zero-order valence-electron chi connectivity index (χ0n) is 14.5. The van der Waals surface area contributed by atoms with Crippen LogP contribution in [0.3, 0.4) is 0 Å². The molecule has 0 radical (unpaired) electrons. The normalized spacial score (nSPS) is 15.2. The number of nitrogens with zero attached hydrogens (tertiary/aromatic N) is 1. The van der Waals surface area contributed by atoms with Gasteiger partial charge in [0, 0.05) is 10.9 Å². The Bertz CT molecular complexity index is 643. The van der Waals surface area contributed by atoms with Gasteiger partial charge in [-0.25, -0.2) is 10.6 Å². The second-order valence-electron chi connectivity index (χ2n) is 6.33. The molecule has 5 nitrogen and oxygen atoms in total. The summed E-state index contributed by atoms with van der Waals surface area (Å²) in [7, 11) is 0. The molecule has 132 valence electrons. The molecular formula is C18H26BrN3O2. The Balaban J connectivity index is 2.36. The number of hydrazine groups is 1. The highest BCUT2D eigenvalue weighted by molar-refractivity contribution is 9.08. The van der Waals surface area contributed by atoms with Crippen molar-refractivity contribution in [1.82, 2.24) is 5.01 Å². The summed E-state index contributed by atoms with van der Waals surface area (Å²) in [4.78, 5) is 12.3. The summed E-state index contributed by atoms with van der Waals surface area (Å²) in [6, 6.07) is 5.71. The van der Waals surface area contributed by atoms with Gasteiger partial charge in [0.15, 0.2) is 0 Å². The highest BCUT2D eigenvalue weighted by atomic mass is 79.9. The van der Waals surface area contributed by atoms with E-state index in [2.05, 4.69) is 28.1 Å². The minimum Gasteiger partial charge on any atom is -0.464 e. The molecule has 1 aromatic carbocycles. The number of ether oxygens (including phenoxy) is 1. The number of halogens is 1. The number of carbonyl (C=O) groups is 1. The lowest BCUT2D eigenvalue weighted by Crippen LogP contribution is -2.50. The summed E-state index contributed by atoms with van der Waals surface area (Å²) >= 11 is 3.48. The Kier molecular flexibility index (Phi) is 6.29. The lowest BCUT2D eigenvalue weighted by atomic mass is 9.90. The molecule has 0 saturated heterocycles. The molecule has 0 bridgehead atoms. The summed E-state index contributed by atoms with van der Waals surface area (Å²) < 4.78 is 5.18. The maximum absolute atomic E-state index is 12.3. The number of esters is 1. The van der Waals surface area contributed by atoms with Crippen molar-refractivity contribution >= 4 is 27.6 Å². The van der Waals surface area contributed by atoms with E-state index in [9.17, 15) is 4.79 Å². The first-order chi connectivity index (χ1) is 11.4. The molecule has 1 aromatic rings. The maximum atomic E-state index is 12.3. The third-order valence-electron chi connectivity index (χ3n) is 4.33. The molecule has 6 heteroatoms. The average molecular weight is 396 g/mol. The monoisotopic (exact) mass is 395 g/mol. The Morgan fingerprint density at radius 2 is 2.08 bits per heavy atom.